The summed E-state index contributed by atoms with van der Waals surface area (Å²) in [5, 5.41) is 2.41. The molecule has 1 saturated heterocycles. The van der Waals surface area contributed by atoms with Gasteiger partial charge in [-0.3, -0.25) is 4.79 Å². The van der Waals surface area contributed by atoms with Crippen LogP contribution in [0.1, 0.15) is 10.4 Å². The lowest BCUT2D eigenvalue weighted by Crippen LogP contribution is -2.36. The molecule has 0 spiro atoms. The fourth-order valence-corrected chi connectivity index (χ4v) is 2.12. The smallest absolute Gasteiger partial charge is 0.407 e. The average Bonchev–Trinajstić information content (AvgIpc) is 2.58. The number of carbonyl (C=O) groups excluding carboxylic acids is 2. The molecule has 1 heterocycles. The summed E-state index contributed by atoms with van der Waals surface area (Å²) in [6.07, 6.45) is 0.837. The number of hydrogen-bond acceptors (Lipinski definition) is 5. The van der Waals surface area contributed by atoms with E-state index in [4.69, 9.17) is 9.47 Å². The summed E-state index contributed by atoms with van der Waals surface area (Å²) in [4.78, 5) is 25.4. The molecule has 1 aliphatic rings. The van der Waals surface area contributed by atoms with E-state index in [-0.39, 0.29) is 18.9 Å². The molecule has 0 unspecified atom stereocenters. The third-order valence-corrected chi connectivity index (χ3v) is 3.29. The Morgan fingerprint density at radius 2 is 1.95 bits per heavy atom. The largest absolute Gasteiger partial charge is 0.445 e. The Hall–Kier alpha value is -2.34. The van der Waals surface area contributed by atoms with Crippen LogP contribution >= 0.6 is 0 Å². The molecule has 2 rings (SSSR count). The molecule has 22 heavy (non-hydrogen) atoms. The van der Waals surface area contributed by atoms with Crippen LogP contribution in [-0.4, -0.2) is 51.3 Å². The maximum absolute atomic E-state index is 12.0. The first kappa shape index (κ1) is 16.0. The highest BCUT2D eigenvalue weighted by Crippen LogP contribution is 2.16. The molecule has 1 fully saturated rings. The van der Waals surface area contributed by atoms with Gasteiger partial charge in [-0.2, -0.15) is 0 Å². The minimum atomic E-state index is -0.627. The molecule has 1 aromatic rings. The molecule has 118 valence electrons. The number of ketones is 1. The molecule has 0 atom stereocenters. The zero-order chi connectivity index (χ0) is 15.8. The highest BCUT2D eigenvalue weighted by atomic mass is 16.5. The van der Waals surface area contributed by atoms with Crippen molar-refractivity contribution < 1.29 is 19.1 Å². The van der Waals surface area contributed by atoms with Gasteiger partial charge in [-0.05, 0) is 24.3 Å². The Morgan fingerprint density at radius 3 is 2.59 bits per heavy atom. The lowest BCUT2D eigenvalue weighted by molar-refractivity contribution is 0.0980. The average molecular weight is 304 g/mol. The Morgan fingerprint density at radius 1 is 1.27 bits per heavy atom. The molecule has 6 nitrogen and oxygen atoms in total. The molecule has 0 bridgehead atoms. The van der Waals surface area contributed by atoms with E-state index in [1.54, 1.807) is 12.1 Å². The van der Waals surface area contributed by atoms with Gasteiger partial charge in [-0.15, -0.1) is 0 Å². The van der Waals surface area contributed by atoms with Crippen LogP contribution in [0.2, 0.25) is 0 Å². The SMILES string of the molecule is C=CCOC(=O)NCC(=O)c1ccc(N2CCOCC2)cc1. The van der Waals surface area contributed by atoms with Gasteiger partial charge in [-0.25, -0.2) is 4.79 Å². The lowest BCUT2D eigenvalue weighted by atomic mass is 10.1. The van der Waals surface area contributed by atoms with Crippen LogP contribution in [0.3, 0.4) is 0 Å². The highest BCUT2D eigenvalue weighted by Gasteiger charge is 2.13. The maximum atomic E-state index is 12.0. The Kier molecular flexibility index (Phi) is 5.97. The first-order valence-corrected chi connectivity index (χ1v) is 7.18. The molecular weight excluding hydrogens is 284 g/mol. The summed E-state index contributed by atoms with van der Waals surface area (Å²) < 4.78 is 10.0. The van der Waals surface area contributed by atoms with Crippen LogP contribution < -0.4 is 10.2 Å². The molecule has 0 aliphatic carbocycles. The maximum Gasteiger partial charge on any atom is 0.407 e. The number of ether oxygens (including phenoxy) is 2. The highest BCUT2D eigenvalue weighted by molar-refractivity contribution is 5.99. The van der Waals surface area contributed by atoms with Gasteiger partial charge in [0.1, 0.15) is 6.61 Å². The number of anilines is 1. The number of benzene rings is 1. The summed E-state index contributed by atoms with van der Waals surface area (Å²) in [5.41, 5.74) is 1.62. The predicted octanol–water partition coefficient (Wildman–Crippen LogP) is 1.62. The molecule has 1 aromatic carbocycles. The number of hydrogen-bond donors (Lipinski definition) is 1. The monoisotopic (exact) mass is 304 g/mol. The number of nitrogens with zero attached hydrogens (tertiary/aromatic N) is 1. The number of alkyl carbamates (subject to hydrolysis) is 1. The van der Waals surface area contributed by atoms with Gasteiger partial charge in [0.25, 0.3) is 0 Å². The topological polar surface area (TPSA) is 67.9 Å². The quantitative estimate of drug-likeness (QED) is 0.639. The van der Waals surface area contributed by atoms with Crippen molar-refractivity contribution in [1.82, 2.24) is 5.32 Å². The zero-order valence-electron chi connectivity index (χ0n) is 12.4. The number of amides is 1. The summed E-state index contributed by atoms with van der Waals surface area (Å²) in [6, 6.07) is 7.36. The van der Waals surface area contributed by atoms with E-state index < -0.39 is 6.09 Å². The van der Waals surface area contributed by atoms with E-state index in [1.807, 2.05) is 12.1 Å². The Labute approximate surface area is 129 Å². The van der Waals surface area contributed by atoms with Crippen molar-refractivity contribution in [2.45, 2.75) is 0 Å². The molecule has 1 amide bonds. The van der Waals surface area contributed by atoms with Gasteiger partial charge >= 0.3 is 6.09 Å². The number of carbonyl (C=O) groups is 2. The van der Waals surface area contributed by atoms with Gasteiger partial charge in [0.05, 0.1) is 19.8 Å². The molecular formula is C16H20N2O4. The Bertz CT molecular complexity index is 521. The van der Waals surface area contributed by atoms with Crippen LogP contribution in [0.25, 0.3) is 0 Å². The van der Waals surface area contributed by atoms with E-state index >= 15 is 0 Å². The van der Waals surface area contributed by atoms with Gasteiger partial charge in [0, 0.05) is 24.3 Å². The summed E-state index contributed by atoms with van der Waals surface area (Å²) in [6.45, 7) is 6.61. The molecule has 1 aliphatic heterocycles. The molecule has 0 saturated carbocycles. The van der Waals surface area contributed by atoms with Crippen molar-refractivity contribution in [3.8, 4) is 0 Å². The fourth-order valence-electron chi connectivity index (χ4n) is 2.12. The number of morpholine rings is 1. The Balaban J connectivity index is 1.85. The van der Waals surface area contributed by atoms with Crippen LogP contribution in [0, 0.1) is 0 Å². The van der Waals surface area contributed by atoms with Crippen molar-refractivity contribution in [3.05, 3.63) is 42.5 Å². The molecule has 1 N–H and O–H groups in total. The minimum Gasteiger partial charge on any atom is -0.445 e. The second kappa shape index (κ2) is 8.19. The molecule has 0 aromatic heterocycles. The second-order valence-corrected chi connectivity index (χ2v) is 4.81. The normalized spacial score (nSPS) is 14.3. The first-order valence-electron chi connectivity index (χ1n) is 7.18. The van der Waals surface area contributed by atoms with Crippen LogP contribution in [-0.2, 0) is 9.47 Å². The molecule has 0 radical (unpaired) electrons. The van der Waals surface area contributed by atoms with E-state index in [0.717, 1.165) is 32.0 Å². The van der Waals surface area contributed by atoms with Crippen molar-refractivity contribution in [2.75, 3.05) is 44.4 Å². The van der Waals surface area contributed by atoms with Gasteiger partial charge in [0.2, 0.25) is 0 Å². The van der Waals surface area contributed by atoms with E-state index in [0.29, 0.717) is 5.56 Å². The van der Waals surface area contributed by atoms with Crippen molar-refractivity contribution in [2.24, 2.45) is 0 Å². The van der Waals surface area contributed by atoms with Crippen LogP contribution in [0.4, 0.5) is 10.5 Å². The third-order valence-electron chi connectivity index (χ3n) is 3.29. The zero-order valence-corrected chi connectivity index (χ0v) is 12.4. The molecule has 6 heteroatoms. The summed E-state index contributed by atoms with van der Waals surface area (Å²) >= 11 is 0. The van der Waals surface area contributed by atoms with Crippen molar-refractivity contribution in [3.63, 3.8) is 0 Å². The van der Waals surface area contributed by atoms with E-state index in [2.05, 4.69) is 16.8 Å². The number of Topliss-reactive ketones (excluding diaryl/α,β-unsaturated/α-hetero) is 1. The van der Waals surface area contributed by atoms with Crippen LogP contribution in [0.15, 0.2) is 36.9 Å². The second-order valence-electron chi connectivity index (χ2n) is 4.81. The number of rotatable bonds is 6. The summed E-state index contributed by atoms with van der Waals surface area (Å²) in [7, 11) is 0. The third kappa shape index (κ3) is 4.60. The lowest BCUT2D eigenvalue weighted by Gasteiger charge is -2.28. The van der Waals surface area contributed by atoms with E-state index in [1.165, 1.54) is 6.08 Å². The summed E-state index contributed by atoms with van der Waals surface area (Å²) in [5.74, 6) is -0.163. The van der Waals surface area contributed by atoms with Gasteiger partial charge in [-0.1, -0.05) is 12.7 Å². The first-order chi connectivity index (χ1) is 10.7. The van der Waals surface area contributed by atoms with Gasteiger partial charge in [0.15, 0.2) is 5.78 Å². The fraction of sp³-hybridized carbons (Fsp3) is 0.375. The van der Waals surface area contributed by atoms with Crippen molar-refractivity contribution in [1.29, 1.82) is 0 Å². The standard InChI is InChI=1S/C16H20N2O4/c1-2-9-22-16(20)17-12-15(19)13-3-5-14(6-4-13)18-7-10-21-11-8-18/h2-6H,1,7-12H2,(H,17,20). The van der Waals surface area contributed by atoms with E-state index in [9.17, 15) is 9.59 Å². The van der Waals surface area contributed by atoms with Gasteiger partial charge < -0.3 is 19.7 Å². The predicted molar refractivity (Wildman–Crippen MR) is 83.4 cm³/mol. The minimum absolute atomic E-state index is 0.0904. The van der Waals surface area contributed by atoms with Crippen molar-refractivity contribution >= 4 is 17.6 Å². The van der Waals surface area contributed by atoms with Crippen LogP contribution in [0.5, 0.6) is 0 Å². The number of nitrogens with one attached hydrogen (secondary N) is 1.